The van der Waals surface area contributed by atoms with Gasteiger partial charge in [-0.1, -0.05) is 17.7 Å². The van der Waals surface area contributed by atoms with Crippen molar-refractivity contribution in [1.82, 2.24) is 5.32 Å². The van der Waals surface area contributed by atoms with Crippen LogP contribution in [0.3, 0.4) is 0 Å². The molecule has 15 heavy (non-hydrogen) atoms. The first-order valence-corrected chi connectivity index (χ1v) is 6.04. The molecule has 1 aromatic rings. The zero-order valence-electron chi connectivity index (χ0n) is 9.44. The molecule has 1 aliphatic rings. The number of rotatable bonds is 1. The maximum atomic E-state index is 6.19. The monoisotopic (exact) mass is 223 g/mol. The molecule has 0 aliphatic carbocycles. The molecular weight excluding hydrogens is 206 g/mol. The van der Waals surface area contributed by atoms with Crippen LogP contribution in [0.2, 0.25) is 5.02 Å². The summed E-state index contributed by atoms with van der Waals surface area (Å²) in [6.45, 7) is 6.61. The number of aryl methyl sites for hydroxylation is 1. The van der Waals surface area contributed by atoms with E-state index in [1.807, 2.05) is 6.07 Å². The second-order valence-electron chi connectivity index (χ2n) is 4.43. The van der Waals surface area contributed by atoms with Crippen LogP contribution in [0.25, 0.3) is 0 Å². The van der Waals surface area contributed by atoms with E-state index in [-0.39, 0.29) is 0 Å². The highest BCUT2D eigenvalue weighted by Crippen LogP contribution is 2.33. The standard InChI is InChI=1S/C13H18ClN/c1-9-3-4-12(14)10(2)13(9)11-5-7-15-8-6-11/h3-4,11,15H,5-8H2,1-2H3. The van der Waals surface area contributed by atoms with Gasteiger partial charge in [-0.2, -0.15) is 0 Å². The van der Waals surface area contributed by atoms with E-state index < -0.39 is 0 Å². The minimum Gasteiger partial charge on any atom is -0.317 e. The maximum Gasteiger partial charge on any atom is 0.0438 e. The Hall–Kier alpha value is -0.530. The quantitative estimate of drug-likeness (QED) is 0.770. The van der Waals surface area contributed by atoms with Gasteiger partial charge in [0.05, 0.1) is 0 Å². The molecule has 1 aliphatic heterocycles. The molecule has 1 fully saturated rings. The second kappa shape index (κ2) is 4.54. The van der Waals surface area contributed by atoms with E-state index in [1.165, 1.54) is 29.5 Å². The molecule has 0 radical (unpaired) electrons. The summed E-state index contributed by atoms with van der Waals surface area (Å²) in [4.78, 5) is 0. The predicted octanol–water partition coefficient (Wildman–Crippen LogP) is 3.42. The Morgan fingerprint density at radius 1 is 1.20 bits per heavy atom. The normalized spacial score (nSPS) is 18.1. The van der Waals surface area contributed by atoms with Crippen LogP contribution in [0.4, 0.5) is 0 Å². The first-order valence-electron chi connectivity index (χ1n) is 5.66. The van der Waals surface area contributed by atoms with Gasteiger partial charge in [0.15, 0.2) is 0 Å². The first kappa shape index (κ1) is 11.0. The van der Waals surface area contributed by atoms with Crippen molar-refractivity contribution in [2.45, 2.75) is 32.6 Å². The lowest BCUT2D eigenvalue weighted by Crippen LogP contribution is -2.27. The van der Waals surface area contributed by atoms with Crippen molar-refractivity contribution in [2.24, 2.45) is 0 Å². The number of hydrogen-bond acceptors (Lipinski definition) is 1. The van der Waals surface area contributed by atoms with Gasteiger partial charge in [-0.25, -0.2) is 0 Å². The molecule has 1 nitrogen and oxygen atoms in total. The van der Waals surface area contributed by atoms with Gasteiger partial charge < -0.3 is 5.32 Å². The Morgan fingerprint density at radius 3 is 2.53 bits per heavy atom. The van der Waals surface area contributed by atoms with Gasteiger partial charge in [-0.3, -0.25) is 0 Å². The van der Waals surface area contributed by atoms with Crippen molar-refractivity contribution in [3.8, 4) is 0 Å². The van der Waals surface area contributed by atoms with E-state index in [1.54, 1.807) is 0 Å². The largest absolute Gasteiger partial charge is 0.317 e. The molecule has 0 saturated carbocycles. The summed E-state index contributed by atoms with van der Waals surface area (Å²) < 4.78 is 0. The number of piperidine rings is 1. The molecule has 1 saturated heterocycles. The minimum absolute atomic E-state index is 0.699. The zero-order chi connectivity index (χ0) is 10.8. The Balaban J connectivity index is 2.36. The third kappa shape index (κ3) is 2.19. The average molecular weight is 224 g/mol. The van der Waals surface area contributed by atoms with Crippen LogP contribution in [0.15, 0.2) is 12.1 Å². The number of halogens is 1. The molecule has 0 unspecified atom stereocenters. The van der Waals surface area contributed by atoms with Crippen molar-refractivity contribution >= 4 is 11.6 Å². The lowest BCUT2D eigenvalue weighted by molar-refractivity contribution is 0.458. The fraction of sp³-hybridized carbons (Fsp3) is 0.538. The van der Waals surface area contributed by atoms with Crippen LogP contribution in [-0.4, -0.2) is 13.1 Å². The van der Waals surface area contributed by atoms with Crippen LogP contribution < -0.4 is 5.32 Å². The summed E-state index contributed by atoms with van der Waals surface area (Å²) in [5, 5.41) is 4.32. The molecule has 0 spiro atoms. The van der Waals surface area contributed by atoms with Crippen molar-refractivity contribution in [2.75, 3.05) is 13.1 Å². The highest BCUT2D eigenvalue weighted by molar-refractivity contribution is 6.31. The smallest absolute Gasteiger partial charge is 0.0438 e. The van der Waals surface area contributed by atoms with E-state index in [4.69, 9.17) is 11.6 Å². The van der Waals surface area contributed by atoms with Gasteiger partial charge in [0.1, 0.15) is 0 Å². The molecule has 0 bridgehead atoms. The second-order valence-corrected chi connectivity index (χ2v) is 4.83. The molecule has 1 aromatic carbocycles. The van der Waals surface area contributed by atoms with Crippen molar-refractivity contribution in [3.63, 3.8) is 0 Å². The summed E-state index contributed by atoms with van der Waals surface area (Å²) in [6.07, 6.45) is 2.48. The lowest BCUT2D eigenvalue weighted by Gasteiger charge is -2.26. The molecule has 1 heterocycles. The van der Waals surface area contributed by atoms with Crippen LogP contribution in [0, 0.1) is 13.8 Å². The van der Waals surface area contributed by atoms with E-state index in [9.17, 15) is 0 Å². The van der Waals surface area contributed by atoms with Crippen LogP contribution in [-0.2, 0) is 0 Å². The molecule has 0 aromatic heterocycles. The van der Waals surface area contributed by atoms with Crippen LogP contribution >= 0.6 is 11.6 Å². The lowest BCUT2D eigenvalue weighted by atomic mass is 9.85. The summed E-state index contributed by atoms with van der Waals surface area (Å²) >= 11 is 6.19. The van der Waals surface area contributed by atoms with Gasteiger partial charge in [-0.15, -0.1) is 0 Å². The summed E-state index contributed by atoms with van der Waals surface area (Å²) in [5.41, 5.74) is 4.16. The highest BCUT2D eigenvalue weighted by Gasteiger charge is 2.19. The number of benzene rings is 1. The fourth-order valence-corrected chi connectivity index (χ4v) is 2.74. The van der Waals surface area contributed by atoms with Crippen LogP contribution in [0.1, 0.15) is 35.4 Å². The molecule has 2 rings (SSSR count). The van der Waals surface area contributed by atoms with Crippen molar-refractivity contribution in [1.29, 1.82) is 0 Å². The van der Waals surface area contributed by atoms with E-state index >= 15 is 0 Å². The molecule has 82 valence electrons. The Morgan fingerprint density at radius 2 is 1.87 bits per heavy atom. The number of nitrogens with one attached hydrogen (secondary N) is 1. The molecule has 0 amide bonds. The van der Waals surface area contributed by atoms with E-state index in [2.05, 4.69) is 25.2 Å². The van der Waals surface area contributed by atoms with Gasteiger partial charge in [0, 0.05) is 5.02 Å². The number of hydrogen-bond donors (Lipinski definition) is 1. The summed E-state index contributed by atoms with van der Waals surface area (Å²) in [7, 11) is 0. The first-order chi connectivity index (χ1) is 7.20. The highest BCUT2D eigenvalue weighted by atomic mass is 35.5. The molecular formula is C13H18ClN. The zero-order valence-corrected chi connectivity index (χ0v) is 10.2. The van der Waals surface area contributed by atoms with E-state index in [0.29, 0.717) is 5.92 Å². The van der Waals surface area contributed by atoms with Crippen molar-refractivity contribution < 1.29 is 0 Å². The third-order valence-corrected chi connectivity index (χ3v) is 3.82. The maximum absolute atomic E-state index is 6.19. The third-order valence-electron chi connectivity index (χ3n) is 3.41. The SMILES string of the molecule is Cc1ccc(Cl)c(C)c1C1CCNCC1. The molecule has 1 N–H and O–H groups in total. The van der Waals surface area contributed by atoms with Gasteiger partial charge in [0.2, 0.25) is 0 Å². The Kier molecular flexibility index (Phi) is 3.32. The minimum atomic E-state index is 0.699. The van der Waals surface area contributed by atoms with Crippen LogP contribution in [0.5, 0.6) is 0 Å². The predicted molar refractivity (Wildman–Crippen MR) is 65.8 cm³/mol. The summed E-state index contributed by atoms with van der Waals surface area (Å²) in [5.74, 6) is 0.699. The van der Waals surface area contributed by atoms with Gasteiger partial charge in [-0.05, 0) is 68.5 Å². The van der Waals surface area contributed by atoms with Gasteiger partial charge in [0.25, 0.3) is 0 Å². The molecule has 2 heteroatoms. The molecule has 0 atom stereocenters. The summed E-state index contributed by atoms with van der Waals surface area (Å²) in [6, 6.07) is 4.16. The average Bonchev–Trinajstić information content (AvgIpc) is 2.26. The fourth-order valence-electron chi connectivity index (χ4n) is 2.58. The van der Waals surface area contributed by atoms with E-state index in [0.717, 1.165) is 18.1 Å². The Bertz CT molecular complexity index is 354. The topological polar surface area (TPSA) is 12.0 Å². The Labute approximate surface area is 96.8 Å². The van der Waals surface area contributed by atoms with Crippen molar-refractivity contribution in [3.05, 3.63) is 33.8 Å². The van der Waals surface area contributed by atoms with Gasteiger partial charge >= 0.3 is 0 Å².